The molecule has 0 aliphatic carbocycles. The summed E-state index contributed by atoms with van der Waals surface area (Å²) in [4.78, 5) is 5.37. The third kappa shape index (κ3) is 2.73. The van der Waals surface area contributed by atoms with Crippen molar-refractivity contribution in [1.82, 2.24) is 10.3 Å². The molecule has 3 nitrogen and oxygen atoms in total. The number of hydrogen-bond donors (Lipinski definition) is 1. The highest BCUT2D eigenvalue weighted by atomic mass is 35.5. The molecule has 2 heterocycles. The van der Waals surface area contributed by atoms with Gasteiger partial charge >= 0.3 is 0 Å². The molecule has 20 heavy (non-hydrogen) atoms. The summed E-state index contributed by atoms with van der Waals surface area (Å²) < 4.78 is 6.78. The van der Waals surface area contributed by atoms with Crippen molar-refractivity contribution in [3.8, 4) is 0 Å². The molecule has 0 aliphatic rings. The summed E-state index contributed by atoms with van der Waals surface area (Å²) in [5, 5.41) is 5.30. The summed E-state index contributed by atoms with van der Waals surface area (Å²) >= 11 is 8.12. The Kier molecular flexibility index (Phi) is 4.05. The summed E-state index contributed by atoms with van der Waals surface area (Å²) in [5.74, 6) is 1.64. The van der Waals surface area contributed by atoms with Crippen molar-refractivity contribution in [2.24, 2.45) is 0 Å². The predicted octanol–water partition coefficient (Wildman–Crippen LogP) is 4.39. The second-order valence-electron chi connectivity index (χ2n) is 4.51. The van der Waals surface area contributed by atoms with Gasteiger partial charge in [-0.05, 0) is 6.07 Å². The summed E-state index contributed by atoms with van der Waals surface area (Å²) in [6.07, 6.45) is 2.65. The average molecular weight is 307 g/mol. The van der Waals surface area contributed by atoms with E-state index in [1.54, 1.807) is 17.5 Å². The zero-order valence-corrected chi connectivity index (χ0v) is 12.7. The highest BCUT2D eigenvalue weighted by Gasteiger charge is 2.09. The number of rotatable bonds is 5. The van der Waals surface area contributed by atoms with E-state index in [2.05, 4.69) is 29.4 Å². The van der Waals surface area contributed by atoms with Crippen molar-refractivity contribution in [3.63, 3.8) is 0 Å². The molecule has 3 rings (SSSR count). The molecule has 0 saturated heterocycles. The van der Waals surface area contributed by atoms with Gasteiger partial charge in [0.2, 0.25) is 5.89 Å². The molecule has 0 unspecified atom stereocenters. The molecule has 0 fully saturated rings. The van der Waals surface area contributed by atoms with Gasteiger partial charge in [-0.15, -0.1) is 11.3 Å². The molecule has 1 N–H and O–H groups in total. The lowest BCUT2D eigenvalue weighted by Crippen LogP contribution is -2.12. The van der Waals surface area contributed by atoms with Crippen LogP contribution < -0.4 is 5.32 Å². The maximum absolute atomic E-state index is 6.40. The second-order valence-corrected chi connectivity index (χ2v) is 6.03. The Morgan fingerprint density at radius 1 is 1.30 bits per heavy atom. The quantitative estimate of drug-likeness (QED) is 0.759. The molecule has 104 valence electrons. The minimum absolute atomic E-state index is 0.616. The van der Waals surface area contributed by atoms with Crippen LogP contribution >= 0.6 is 22.9 Å². The number of halogens is 1. The van der Waals surface area contributed by atoms with Crippen LogP contribution in [-0.2, 0) is 19.5 Å². The lowest BCUT2D eigenvalue weighted by Gasteiger charge is -2.00. The SMILES string of the molecule is CCc1cnc(CNCc2sc3ccccc3c2Cl)o1. The van der Waals surface area contributed by atoms with Crippen molar-refractivity contribution in [2.75, 3.05) is 0 Å². The Hall–Kier alpha value is -1.36. The molecule has 0 bridgehead atoms. The fraction of sp³-hybridized carbons (Fsp3) is 0.267. The lowest BCUT2D eigenvalue weighted by molar-refractivity contribution is 0.439. The van der Waals surface area contributed by atoms with Gasteiger partial charge in [-0.25, -0.2) is 4.98 Å². The van der Waals surface area contributed by atoms with E-state index >= 15 is 0 Å². The largest absolute Gasteiger partial charge is 0.444 e. The van der Waals surface area contributed by atoms with E-state index in [4.69, 9.17) is 16.0 Å². The van der Waals surface area contributed by atoms with Gasteiger partial charge in [0, 0.05) is 27.9 Å². The van der Waals surface area contributed by atoms with Crippen molar-refractivity contribution in [3.05, 3.63) is 52.0 Å². The van der Waals surface area contributed by atoms with Crippen LogP contribution in [0.4, 0.5) is 0 Å². The number of benzene rings is 1. The third-order valence-electron chi connectivity index (χ3n) is 3.11. The Morgan fingerprint density at radius 3 is 2.90 bits per heavy atom. The first-order valence-electron chi connectivity index (χ1n) is 6.58. The van der Waals surface area contributed by atoms with E-state index in [0.29, 0.717) is 6.54 Å². The van der Waals surface area contributed by atoms with Gasteiger partial charge in [0.05, 0.1) is 17.8 Å². The first-order valence-corrected chi connectivity index (χ1v) is 7.77. The summed E-state index contributed by atoms with van der Waals surface area (Å²) in [6.45, 7) is 3.39. The van der Waals surface area contributed by atoms with Crippen LogP contribution in [0.15, 0.2) is 34.9 Å². The molecular formula is C15H15ClN2OS. The van der Waals surface area contributed by atoms with E-state index in [1.165, 1.54) is 4.70 Å². The smallest absolute Gasteiger partial charge is 0.208 e. The second kappa shape index (κ2) is 5.95. The maximum Gasteiger partial charge on any atom is 0.208 e. The number of fused-ring (bicyclic) bond motifs is 1. The maximum atomic E-state index is 6.40. The van der Waals surface area contributed by atoms with E-state index in [-0.39, 0.29) is 0 Å². The lowest BCUT2D eigenvalue weighted by atomic mass is 10.2. The molecule has 1 aromatic carbocycles. The molecular weight excluding hydrogens is 292 g/mol. The molecule has 0 spiro atoms. The van der Waals surface area contributed by atoms with Crippen molar-refractivity contribution in [2.45, 2.75) is 26.4 Å². The fourth-order valence-corrected chi connectivity index (χ4v) is 3.52. The van der Waals surface area contributed by atoms with E-state index in [1.807, 2.05) is 12.1 Å². The average Bonchev–Trinajstić information content (AvgIpc) is 3.05. The van der Waals surface area contributed by atoms with Crippen LogP contribution in [0.5, 0.6) is 0 Å². The van der Waals surface area contributed by atoms with Crippen molar-refractivity contribution in [1.29, 1.82) is 0 Å². The number of aryl methyl sites for hydroxylation is 1. The molecule has 0 amide bonds. The molecule has 2 aromatic heterocycles. The first-order chi connectivity index (χ1) is 9.78. The number of oxazole rings is 1. The van der Waals surface area contributed by atoms with Crippen LogP contribution in [0.2, 0.25) is 5.02 Å². The highest BCUT2D eigenvalue weighted by Crippen LogP contribution is 2.34. The minimum Gasteiger partial charge on any atom is -0.444 e. The van der Waals surface area contributed by atoms with Crippen molar-refractivity contribution < 1.29 is 4.42 Å². The highest BCUT2D eigenvalue weighted by molar-refractivity contribution is 7.19. The number of nitrogens with zero attached hydrogens (tertiary/aromatic N) is 1. The molecule has 0 atom stereocenters. The summed E-state index contributed by atoms with van der Waals surface area (Å²) in [5.41, 5.74) is 0. The van der Waals surface area contributed by atoms with Crippen LogP contribution in [0.25, 0.3) is 10.1 Å². The number of aromatic nitrogens is 1. The first kappa shape index (κ1) is 13.6. The van der Waals surface area contributed by atoms with Crippen molar-refractivity contribution >= 4 is 33.0 Å². The Morgan fingerprint density at radius 2 is 2.15 bits per heavy atom. The summed E-state index contributed by atoms with van der Waals surface area (Å²) in [6, 6.07) is 8.19. The van der Waals surface area contributed by atoms with Crippen LogP contribution in [0, 0.1) is 0 Å². The standard InChI is InChI=1S/C15H15ClN2OS/c1-2-10-7-18-14(19-10)9-17-8-13-15(16)11-5-3-4-6-12(11)20-13/h3-7,17H,2,8-9H2,1H3. The van der Waals surface area contributed by atoms with Gasteiger partial charge in [0.25, 0.3) is 0 Å². The monoisotopic (exact) mass is 306 g/mol. The van der Waals surface area contributed by atoms with Gasteiger partial charge < -0.3 is 9.73 Å². The molecule has 0 radical (unpaired) electrons. The van der Waals surface area contributed by atoms with Gasteiger partial charge in [-0.1, -0.05) is 36.7 Å². The van der Waals surface area contributed by atoms with E-state index < -0.39 is 0 Å². The molecule has 3 aromatic rings. The number of thiophene rings is 1. The number of nitrogens with one attached hydrogen (secondary N) is 1. The number of hydrogen-bond acceptors (Lipinski definition) is 4. The minimum atomic E-state index is 0.616. The summed E-state index contributed by atoms with van der Waals surface area (Å²) in [7, 11) is 0. The van der Waals surface area contributed by atoms with Gasteiger partial charge in [0.15, 0.2) is 0 Å². The fourth-order valence-electron chi connectivity index (χ4n) is 2.05. The van der Waals surface area contributed by atoms with Gasteiger partial charge in [-0.3, -0.25) is 0 Å². The van der Waals surface area contributed by atoms with Crippen LogP contribution in [-0.4, -0.2) is 4.98 Å². The molecule has 0 aliphatic heterocycles. The molecule has 5 heteroatoms. The third-order valence-corrected chi connectivity index (χ3v) is 4.83. The van der Waals surface area contributed by atoms with Gasteiger partial charge in [-0.2, -0.15) is 0 Å². The van der Waals surface area contributed by atoms with Gasteiger partial charge in [0.1, 0.15) is 5.76 Å². The predicted molar refractivity (Wildman–Crippen MR) is 83.3 cm³/mol. The topological polar surface area (TPSA) is 38.1 Å². The normalized spacial score (nSPS) is 11.3. The zero-order chi connectivity index (χ0) is 13.9. The Bertz CT molecular complexity index is 720. The van der Waals surface area contributed by atoms with E-state index in [0.717, 1.165) is 39.9 Å². The Balaban J connectivity index is 1.66. The van der Waals surface area contributed by atoms with Crippen LogP contribution in [0.1, 0.15) is 23.5 Å². The Labute approximate surface area is 126 Å². The van der Waals surface area contributed by atoms with Crippen LogP contribution in [0.3, 0.4) is 0 Å². The zero-order valence-electron chi connectivity index (χ0n) is 11.1. The van der Waals surface area contributed by atoms with E-state index in [9.17, 15) is 0 Å². The molecule has 0 saturated carbocycles.